The largest absolute Gasteiger partial charge is 0.496 e. The number of Topliss-reactive ketones (excluding diaryl/α,β-unsaturated/α-hetero) is 1. The van der Waals surface area contributed by atoms with Crippen molar-refractivity contribution in [2.75, 3.05) is 41.0 Å². The number of nitrogens with one attached hydrogen (secondary N) is 2. The van der Waals surface area contributed by atoms with Gasteiger partial charge in [-0.1, -0.05) is 0 Å². The summed E-state index contributed by atoms with van der Waals surface area (Å²) >= 11 is 0. The Hall–Kier alpha value is -2.81. The van der Waals surface area contributed by atoms with E-state index in [2.05, 4.69) is 15.5 Å². The summed E-state index contributed by atoms with van der Waals surface area (Å²) in [6.45, 7) is 2.33. The number of carbonyl (C=O) groups is 3. The highest BCUT2D eigenvalue weighted by atomic mass is 16.5. The van der Waals surface area contributed by atoms with Gasteiger partial charge in [0.1, 0.15) is 11.3 Å². The maximum Gasteiger partial charge on any atom is 0.322 e. The quantitative estimate of drug-likeness (QED) is 0.357. The van der Waals surface area contributed by atoms with E-state index in [9.17, 15) is 14.4 Å². The lowest BCUT2D eigenvalue weighted by Crippen LogP contribution is -2.54. The van der Waals surface area contributed by atoms with Gasteiger partial charge in [0, 0.05) is 25.6 Å². The zero-order valence-electron chi connectivity index (χ0n) is 17.7. The van der Waals surface area contributed by atoms with Crippen LogP contribution >= 0.6 is 0 Å². The van der Waals surface area contributed by atoms with Gasteiger partial charge in [-0.25, -0.2) is 4.79 Å². The number of nitrogens with zero attached hydrogens (tertiary/aromatic N) is 1. The van der Waals surface area contributed by atoms with Crippen molar-refractivity contribution >= 4 is 17.7 Å². The Bertz CT molecular complexity index is 817. The predicted octanol–water partition coefficient (Wildman–Crippen LogP) is 1.74. The third-order valence-electron chi connectivity index (χ3n) is 5.86. The first-order valence-corrected chi connectivity index (χ1v) is 10.1. The molecule has 1 aromatic carbocycles. The van der Waals surface area contributed by atoms with Crippen LogP contribution in [-0.2, 0) is 4.79 Å². The van der Waals surface area contributed by atoms with E-state index in [1.165, 1.54) is 21.3 Å². The molecule has 2 aliphatic heterocycles. The van der Waals surface area contributed by atoms with Crippen molar-refractivity contribution in [2.24, 2.45) is 0 Å². The molecule has 2 heterocycles. The number of rotatable bonds is 9. The fraction of sp³-hybridized carbons (Fsp3) is 0.571. The molecule has 3 amide bonds. The minimum absolute atomic E-state index is 0.00395. The van der Waals surface area contributed by atoms with Gasteiger partial charge in [0.2, 0.25) is 0 Å². The van der Waals surface area contributed by atoms with Gasteiger partial charge >= 0.3 is 6.03 Å². The molecule has 2 saturated heterocycles. The number of ketones is 1. The summed E-state index contributed by atoms with van der Waals surface area (Å²) in [4.78, 5) is 38.4. The Morgan fingerprint density at radius 2 is 1.63 bits per heavy atom. The molecular formula is C21H29N3O6. The fourth-order valence-electron chi connectivity index (χ4n) is 4.04. The molecule has 2 aliphatic rings. The summed E-state index contributed by atoms with van der Waals surface area (Å²) in [6.07, 6.45) is 3.23. The van der Waals surface area contributed by atoms with E-state index in [0.717, 1.165) is 32.5 Å². The molecule has 1 spiro atoms. The van der Waals surface area contributed by atoms with Crippen LogP contribution in [0, 0.1) is 0 Å². The summed E-state index contributed by atoms with van der Waals surface area (Å²) in [6, 6.07) is 2.91. The Balaban J connectivity index is 1.47. The van der Waals surface area contributed by atoms with Crippen molar-refractivity contribution in [3.63, 3.8) is 0 Å². The Morgan fingerprint density at radius 3 is 2.20 bits per heavy atom. The summed E-state index contributed by atoms with van der Waals surface area (Å²) in [7, 11) is 4.59. The number of imide groups is 1. The van der Waals surface area contributed by atoms with Gasteiger partial charge in [-0.15, -0.1) is 0 Å². The topological polar surface area (TPSA) is 106 Å². The van der Waals surface area contributed by atoms with Gasteiger partial charge in [0.25, 0.3) is 5.91 Å². The van der Waals surface area contributed by atoms with Gasteiger partial charge in [0.15, 0.2) is 17.3 Å². The van der Waals surface area contributed by atoms with E-state index in [4.69, 9.17) is 14.2 Å². The monoisotopic (exact) mass is 419 g/mol. The highest BCUT2D eigenvalue weighted by Gasteiger charge is 2.47. The molecule has 3 rings (SSSR count). The van der Waals surface area contributed by atoms with Crippen LogP contribution in [0.25, 0.3) is 0 Å². The molecule has 9 heteroatoms. The smallest absolute Gasteiger partial charge is 0.322 e. The second-order valence-corrected chi connectivity index (χ2v) is 7.62. The van der Waals surface area contributed by atoms with Crippen molar-refractivity contribution in [3.8, 4) is 17.2 Å². The highest BCUT2D eigenvalue weighted by molar-refractivity contribution is 6.07. The molecule has 30 heavy (non-hydrogen) atoms. The van der Waals surface area contributed by atoms with Gasteiger partial charge in [-0.2, -0.15) is 0 Å². The van der Waals surface area contributed by atoms with Crippen LogP contribution in [0.4, 0.5) is 4.79 Å². The number of amides is 3. The predicted molar refractivity (Wildman–Crippen MR) is 109 cm³/mol. The van der Waals surface area contributed by atoms with Crippen LogP contribution < -0.4 is 24.8 Å². The van der Waals surface area contributed by atoms with Crippen LogP contribution in [0.15, 0.2) is 12.1 Å². The Labute approximate surface area is 176 Å². The molecule has 1 aromatic rings. The van der Waals surface area contributed by atoms with E-state index < -0.39 is 11.6 Å². The molecule has 2 N–H and O–H groups in total. The first-order valence-electron chi connectivity index (χ1n) is 10.1. The molecule has 0 bridgehead atoms. The van der Waals surface area contributed by atoms with E-state index in [1.54, 1.807) is 12.1 Å². The molecule has 0 atom stereocenters. The standard InChI is InChI=1S/C21H29N3O6/c1-28-16-13-18(30-3)17(29-2)12-14(16)15(25)6-4-5-9-24-10-7-21(8-11-24)19(26)22-20(27)23-21/h12-13H,4-11H2,1-3H3,(H2,22,23,26,27). The summed E-state index contributed by atoms with van der Waals surface area (Å²) in [5.74, 6) is 1.25. The number of ether oxygens (including phenoxy) is 3. The van der Waals surface area contributed by atoms with Crippen molar-refractivity contribution in [1.82, 2.24) is 15.5 Å². The lowest BCUT2D eigenvalue weighted by Gasteiger charge is -2.36. The first kappa shape index (κ1) is 21.9. The molecule has 164 valence electrons. The van der Waals surface area contributed by atoms with Crippen LogP contribution in [0.3, 0.4) is 0 Å². The van der Waals surface area contributed by atoms with Crippen molar-refractivity contribution in [3.05, 3.63) is 17.7 Å². The third kappa shape index (κ3) is 4.51. The van der Waals surface area contributed by atoms with Crippen LogP contribution in [0.1, 0.15) is 42.5 Å². The maximum atomic E-state index is 12.7. The van der Waals surface area contributed by atoms with E-state index in [0.29, 0.717) is 42.1 Å². The summed E-state index contributed by atoms with van der Waals surface area (Å²) in [5.41, 5.74) is -0.258. The average Bonchev–Trinajstić information content (AvgIpc) is 3.03. The number of methoxy groups -OCH3 is 3. The lowest BCUT2D eigenvalue weighted by molar-refractivity contribution is -0.125. The minimum Gasteiger partial charge on any atom is -0.496 e. The van der Waals surface area contributed by atoms with Crippen LogP contribution in [-0.4, -0.2) is 69.1 Å². The number of likely N-dealkylation sites (tertiary alicyclic amines) is 1. The first-order chi connectivity index (χ1) is 14.4. The molecule has 0 unspecified atom stereocenters. The molecule has 0 radical (unpaired) electrons. The van der Waals surface area contributed by atoms with E-state index in [-0.39, 0.29) is 11.7 Å². The Morgan fingerprint density at radius 1 is 1.00 bits per heavy atom. The van der Waals surface area contributed by atoms with Crippen molar-refractivity contribution < 1.29 is 28.6 Å². The second kappa shape index (κ2) is 9.34. The number of unbranched alkanes of at least 4 members (excludes halogenated alkanes) is 1. The molecule has 9 nitrogen and oxygen atoms in total. The van der Waals surface area contributed by atoms with E-state index >= 15 is 0 Å². The molecular weight excluding hydrogens is 390 g/mol. The molecule has 0 saturated carbocycles. The molecule has 0 aromatic heterocycles. The van der Waals surface area contributed by atoms with Crippen molar-refractivity contribution in [1.29, 1.82) is 0 Å². The number of urea groups is 1. The number of carbonyl (C=O) groups excluding carboxylic acids is 3. The maximum absolute atomic E-state index is 12.7. The van der Waals surface area contributed by atoms with Gasteiger partial charge in [0.05, 0.1) is 26.9 Å². The number of benzene rings is 1. The van der Waals surface area contributed by atoms with Gasteiger partial charge in [-0.3, -0.25) is 14.9 Å². The third-order valence-corrected chi connectivity index (χ3v) is 5.86. The SMILES string of the molecule is COc1cc(OC)c(C(=O)CCCCN2CCC3(CC2)NC(=O)NC3=O)cc1OC. The normalized spacial score (nSPS) is 18.1. The fourth-order valence-corrected chi connectivity index (χ4v) is 4.04. The summed E-state index contributed by atoms with van der Waals surface area (Å²) < 4.78 is 15.9. The van der Waals surface area contributed by atoms with Crippen molar-refractivity contribution in [2.45, 2.75) is 37.6 Å². The van der Waals surface area contributed by atoms with E-state index in [1.807, 2.05) is 0 Å². The minimum atomic E-state index is -0.743. The average molecular weight is 419 g/mol. The van der Waals surface area contributed by atoms with Gasteiger partial charge in [-0.05, 0) is 38.3 Å². The zero-order valence-corrected chi connectivity index (χ0v) is 17.7. The molecule has 2 fully saturated rings. The van der Waals surface area contributed by atoms with Crippen LogP contribution in [0.5, 0.6) is 17.2 Å². The second-order valence-electron chi connectivity index (χ2n) is 7.62. The molecule has 0 aliphatic carbocycles. The summed E-state index contributed by atoms with van der Waals surface area (Å²) in [5, 5.41) is 5.09. The highest BCUT2D eigenvalue weighted by Crippen LogP contribution is 2.35. The van der Waals surface area contributed by atoms with Crippen LogP contribution in [0.2, 0.25) is 0 Å². The number of hydrogen-bond donors (Lipinski definition) is 2. The number of piperidine rings is 1. The lowest BCUT2D eigenvalue weighted by atomic mass is 9.87. The Kier molecular flexibility index (Phi) is 6.81. The number of hydrogen-bond acceptors (Lipinski definition) is 7. The zero-order chi connectivity index (χ0) is 21.7. The van der Waals surface area contributed by atoms with Gasteiger partial charge < -0.3 is 24.4 Å².